The second-order valence-electron chi connectivity index (χ2n) is 5.54. The number of carbonyl (C=O) groups excluding carboxylic acids is 1. The summed E-state index contributed by atoms with van der Waals surface area (Å²) in [5, 5.41) is 5.49. The van der Waals surface area contributed by atoms with Crippen molar-refractivity contribution >= 4 is 33.4 Å². The van der Waals surface area contributed by atoms with Crippen LogP contribution >= 0.6 is 11.8 Å². The van der Waals surface area contributed by atoms with Crippen LogP contribution in [0.25, 0.3) is 0 Å². The van der Waals surface area contributed by atoms with Crippen molar-refractivity contribution < 1.29 is 13.2 Å². The van der Waals surface area contributed by atoms with Gasteiger partial charge in [-0.2, -0.15) is 0 Å². The van der Waals surface area contributed by atoms with Gasteiger partial charge < -0.3 is 4.90 Å². The van der Waals surface area contributed by atoms with Crippen LogP contribution in [0.15, 0.2) is 29.2 Å². The molecule has 1 heterocycles. The monoisotopic (exact) mass is 328 g/mol. The molecule has 0 bridgehead atoms. The average Bonchev–Trinajstić information content (AvgIpc) is 2.67. The van der Waals surface area contributed by atoms with Crippen molar-refractivity contribution in [3.63, 3.8) is 0 Å². The number of carbonyl (C=O) groups is 1. The van der Waals surface area contributed by atoms with Crippen molar-refractivity contribution in [3.05, 3.63) is 24.3 Å². The second kappa shape index (κ2) is 6.37. The summed E-state index contributed by atoms with van der Waals surface area (Å²) >= 11 is 1.69. The fourth-order valence-electron chi connectivity index (χ4n) is 2.49. The lowest BCUT2D eigenvalue weighted by Gasteiger charge is -2.20. The Kier molecular flexibility index (Phi) is 4.95. The first-order chi connectivity index (χ1) is 9.76. The molecule has 7 heteroatoms. The van der Waals surface area contributed by atoms with Crippen LogP contribution in [0.3, 0.4) is 0 Å². The van der Waals surface area contributed by atoms with E-state index in [1.54, 1.807) is 16.7 Å². The molecule has 1 aromatic carbocycles. The van der Waals surface area contributed by atoms with Crippen LogP contribution in [0.4, 0.5) is 5.69 Å². The van der Waals surface area contributed by atoms with Crippen molar-refractivity contribution in [1.82, 2.24) is 0 Å². The summed E-state index contributed by atoms with van der Waals surface area (Å²) in [5.74, 6) is -0.417. The van der Waals surface area contributed by atoms with Gasteiger partial charge in [0.1, 0.15) is 0 Å². The van der Waals surface area contributed by atoms with E-state index in [2.05, 4.69) is 13.8 Å². The molecular formula is C14H20N2O3S2. The summed E-state index contributed by atoms with van der Waals surface area (Å²) < 4.78 is 22.4. The quantitative estimate of drug-likeness (QED) is 0.836. The van der Waals surface area contributed by atoms with Gasteiger partial charge >= 0.3 is 0 Å². The van der Waals surface area contributed by atoms with Gasteiger partial charge in [0, 0.05) is 29.0 Å². The van der Waals surface area contributed by atoms with Crippen LogP contribution in [0.2, 0.25) is 0 Å². The van der Waals surface area contributed by atoms with Crippen LogP contribution in [0.1, 0.15) is 20.3 Å². The van der Waals surface area contributed by atoms with Crippen molar-refractivity contribution in [2.24, 2.45) is 11.1 Å². The molecule has 1 aliphatic heterocycles. The highest BCUT2D eigenvalue weighted by atomic mass is 32.2. The molecule has 2 rings (SSSR count). The molecule has 0 aliphatic carbocycles. The summed E-state index contributed by atoms with van der Waals surface area (Å²) in [6, 6.07) is 7.72. The first-order valence-corrected chi connectivity index (χ1v) is 9.42. The lowest BCUT2D eigenvalue weighted by molar-refractivity contribution is -0.117. The Labute approximate surface area is 129 Å². The molecule has 1 aliphatic rings. The van der Waals surface area contributed by atoms with Crippen LogP contribution in [0.5, 0.6) is 0 Å². The number of hydrogen-bond acceptors (Lipinski definition) is 4. The Morgan fingerprint density at radius 3 is 2.67 bits per heavy atom. The fraction of sp³-hybridized carbons (Fsp3) is 0.500. The molecule has 1 saturated heterocycles. The Morgan fingerprint density at radius 1 is 1.38 bits per heavy atom. The number of thioether (sulfide) groups is 1. The maximum atomic E-state index is 12.2. The normalized spacial score (nSPS) is 19.5. The molecule has 0 saturated carbocycles. The van der Waals surface area contributed by atoms with Gasteiger partial charge in [0.25, 0.3) is 0 Å². The molecule has 1 fully saturated rings. The van der Waals surface area contributed by atoms with Gasteiger partial charge in [-0.05, 0) is 12.1 Å². The molecular weight excluding hydrogens is 308 g/mol. The molecule has 1 amide bonds. The number of sulfonamides is 1. The average molecular weight is 328 g/mol. The summed E-state index contributed by atoms with van der Waals surface area (Å²) in [6.45, 7) is 4.60. The van der Waals surface area contributed by atoms with Crippen molar-refractivity contribution in [2.45, 2.75) is 30.4 Å². The largest absolute Gasteiger partial charge is 0.311 e. The second-order valence-corrected chi connectivity index (χ2v) is 8.82. The zero-order chi connectivity index (χ0) is 15.6. The van der Waals surface area contributed by atoms with E-state index in [1.165, 1.54) is 0 Å². The minimum absolute atomic E-state index is 0.0412. The van der Waals surface area contributed by atoms with E-state index in [1.807, 2.05) is 24.3 Å². The molecule has 2 N–H and O–H groups in total. The Balaban J connectivity index is 2.21. The Morgan fingerprint density at radius 2 is 2.05 bits per heavy atom. The number of primary sulfonamides is 1. The smallest absolute Gasteiger partial charge is 0.227 e. The van der Waals surface area contributed by atoms with E-state index in [-0.39, 0.29) is 24.0 Å². The van der Waals surface area contributed by atoms with Gasteiger partial charge in [-0.25, -0.2) is 13.6 Å². The highest BCUT2D eigenvalue weighted by molar-refractivity contribution is 8.00. The predicted molar refractivity (Wildman–Crippen MR) is 85.9 cm³/mol. The third-order valence-electron chi connectivity index (χ3n) is 3.19. The first kappa shape index (κ1) is 16.3. The molecule has 1 unspecified atom stereocenters. The lowest BCUT2D eigenvalue weighted by atomic mass is 10.1. The minimum Gasteiger partial charge on any atom is -0.311 e. The third kappa shape index (κ3) is 4.46. The Hall–Kier alpha value is -1.05. The van der Waals surface area contributed by atoms with Crippen molar-refractivity contribution in [1.29, 1.82) is 0 Å². The number of anilines is 1. The maximum Gasteiger partial charge on any atom is 0.227 e. The van der Waals surface area contributed by atoms with Gasteiger partial charge in [-0.15, -0.1) is 11.8 Å². The lowest BCUT2D eigenvalue weighted by Crippen LogP contribution is -2.27. The molecule has 1 aromatic rings. The number of benzene rings is 1. The summed E-state index contributed by atoms with van der Waals surface area (Å²) in [6.07, 6.45) is 0.233. The van der Waals surface area contributed by atoms with Crippen LogP contribution in [-0.4, -0.2) is 31.9 Å². The van der Waals surface area contributed by atoms with Gasteiger partial charge in [-0.1, -0.05) is 26.0 Å². The summed E-state index contributed by atoms with van der Waals surface area (Å²) in [4.78, 5) is 14.9. The highest BCUT2D eigenvalue weighted by Crippen LogP contribution is 2.35. The van der Waals surface area contributed by atoms with Crippen LogP contribution < -0.4 is 10.0 Å². The molecule has 0 aromatic heterocycles. The van der Waals surface area contributed by atoms with Crippen molar-refractivity contribution in [3.8, 4) is 0 Å². The number of nitrogens with two attached hydrogens (primary N) is 1. The number of rotatable bonds is 5. The van der Waals surface area contributed by atoms with Gasteiger partial charge in [-0.3, -0.25) is 4.79 Å². The molecule has 0 spiro atoms. The number of para-hydroxylation sites is 1. The van der Waals surface area contributed by atoms with E-state index in [0.29, 0.717) is 11.8 Å². The number of nitrogens with zero attached hydrogens (tertiary/aromatic N) is 1. The van der Waals surface area contributed by atoms with E-state index < -0.39 is 10.0 Å². The van der Waals surface area contributed by atoms with E-state index in [4.69, 9.17) is 5.14 Å². The van der Waals surface area contributed by atoms with Gasteiger partial charge in [0.05, 0.1) is 11.4 Å². The molecule has 1 atom stereocenters. The molecule has 116 valence electrons. The SMILES string of the molecule is CC(C)Sc1ccccc1N1CC(CS(N)(=O)=O)CC1=O. The first-order valence-electron chi connectivity index (χ1n) is 6.83. The van der Waals surface area contributed by atoms with Gasteiger partial charge in [0.15, 0.2) is 0 Å². The van der Waals surface area contributed by atoms with Crippen LogP contribution in [0, 0.1) is 5.92 Å². The standard InChI is InChI=1S/C14H20N2O3S2/c1-10(2)20-13-6-4-3-5-12(13)16-8-11(7-14(16)17)9-21(15,18)19/h3-6,10-11H,7-9H2,1-2H3,(H2,15,18,19). The van der Waals surface area contributed by atoms with Crippen LogP contribution in [-0.2, 0) is 14.8 Å². The highest BCUT2D eigenvalue weighted by Gasteiger charge is 2.33. The van der Waals surface area contributed by atoms with Crippen molar-refractivity contribution in [2.75, 3.05) is 17.2 Å². The number of hydrogen-bond donors (Lipinski definition) is 1. The maximum absolute atomic E-state index is 12.2. The van der Waals surface area contributed by atoms with Gasteiger partial charge in [0.2, 0.25) is 15.9 Å². The zero-order valence-electron chi connectivity index (χ0n) is 12.2. The van der Waals surface area contributed by atoms with E-state index >= 15 is 0 Å². The molecule has 21 heavy (non-hydrogen) atoms. The predicted octanol–water partition coefficient (Wildman–Crippen LogP) is 1.83. The van der Waals surface area contributed by atoms with E-state index in [9.17, 15) is 13.2 Å². The Bertz CT molecular complexity index is 629. The third-order valence-corrected chi connectivity index (χ3v) is 5.20. The fourth-order valence-corrected chi connectivity index (χ4v) is 4.33. The summed E-state index contributed by atoms with van der Waals surface area (Å²) in [5.41, 5.74) is 0.859. The van der Waals surface area contributed by atoms with E-state index in [0.717, 1.165) is 10.6 Å². The number of amides is 1. The molecule has 5 nitrogen and oxygen atoms in total. The minimum atomic E-state index is -3.55. The summed E-state index contributed by atoms with van der Waals surface area (Å²) in [7, 11) is -3.55. The molecule has 0 radical (unpaired) electrons. The zero-order valence-corrected chi connectivity index (χ0v) is 13.8. The topological polar surface area (TPSA) is 80.5 Å².